The molecule has 0 saturated heterocycles. The number of aromatic nitrogens is 7. The molecule has 0 saturated carbocycles. The predicted octanol–water partition coefficient (Wildman–Crippen LogP) is 6.64. The second-order valence-electron chi connectivity index (χ2n) is 27.1. The van der Waals surface area contributed by atoms with Crippen LogP contribution in [0.1, 0.15) is 124 Å². The Morgan fingerprint density at radius 3 is 1.99 bits per heavy atom. The number of thioether (sulfide) groups is 1. The Bertz CT molecular complexity index is 4360. The molecule has 2 aromatic carbocycles. The van der Waals surface area contributed by atoms with Crippen molar-refractivity contribution >= 4 is 79.8 Å². The van der Waals surface area contributed by atoms with Crippen LogP contribution in [0.3, 0.4) is 0 Å². The third-order valence-corrected chi connectivity index (χ3v) is 20.4. The zero-order valence-electron chi connectivity index (χ0n) is 65.5. The van der Waals surface area contributed by atoms with Gasteiger partial charge in [0.25, 0.3) is 5.56 Å². The van der Waals surface area contributed by atoms with Gasteiger partial charge in [-0.15, -0.1) is 5.10 Å². The van der Waals surface area contributed by atoms with Crippen LogP contribution in [0.4, 0.5) is 15.3 Å². The molecule has 114 heavy (non-hydrogen) atoms. The molecule has 2 aliphatic heterocycles. The van der Waals surface area contributed by atoms with E-state index in [-0.39, 0.29) is 93.9 Å². The van der Waals surface area contributed by atoms with E-state index in [9.17, 15) is 46.8 Å². The topological polar surface area (TPSA) is 409 Å². The van der Waals surface area contributed by atoms with Crippen molar-refractivity contribution in [3.63, 3.8) is 0 Å². The van der Waals surface area contributed by atoms with Gasteiger partial charge in [-0.05, 0) is 100 Å². The molecule has 6 heterocycles. The summed E-state index contributed by atoms with van der Waals surface area (Å²) < 4.78 is 97.2. The SMILES string of the molecule is CC[C@@]1(OC(=O)OCc2ccc(NC(=O)[C@H](CCCNC(N)=O)CC(=O)COCC(=O)CCCOCCOCCOCCOCCOCCOCCOCCOCCn3cc(CCC(=O)CCCC#Cc4cnc(SC)nc4)nn3)cc2)C(=O)OCc2c1cc1n(c2=O)Cc2c-1nc1ccccc1c2CCN(C(C)C)S(C)(=O)=O. The number of esters is 1. The lowest BCUT2D eigenvalue weighted by Gasteiger charge is -2.35. The molecule has 2 aliphatic rings. The molecule has 33 nitrogen and oxygen atoms in total. The fraction of sp³-hybridized carbons (Fsp3) is 0.557. The molecule has 3 amide bonds. The number of cyclic esters (lactones) is 1. The van der Waals surface area contributed by atoms with E-state index in [1.54, 1.807) is 68.2 Å². The van der Waals surface area contributed by atoms with Gasteiger partial charge in [0.05, 0.1) is 152 Å². The number of ether oxygens (including phenoxy) is 12. The van der Waals surface area contributed by atoms with Crippen molar-refractivity contribution in [3.05, 3.63) is 123 Å². The van der Waals surface area contributed by atoms with E-state index < -0.39 is 63.6 Å². The summed E-state index contributed by atoms with van der Waals surface area (Å²) >= 11 is 1.47. The van der Waals surface area contributed by atoms with Crippen LogP contribution in [0.25, 0.3) is 22.3 Å². The van der Waals surface area contributed by atoms with Gasteiger partial charge in [0.2, 0.25) is 21.5 Å². The van der Waals surface area contributed by atoms with Crippen LogP contribution in [-0.2, 0) is 136 Å². The number of carbonyl (C=O) groups is 7. The van der Waals surface area contributed by atoms with E-state index in [0.717, 1.165) is 27.8 Å². The zero-order valence-corrected chi connectivity index (χ0v) is 67.1. The number of nitrogens with two attached hydrogens (primary N) is 1. The third-order valence-electron chi connectivity index (χ3n) is 18.4. The second kappa shape index (κ2) is 48.4. The maximum atomic E-state index is 14.4. The van der Waals surface area contributed by atoms with E-state index >= 15 is 0 Å². The molecule has 620 valence electrons. The quantitative estimate of drug-likeness (QED) is 0.0118. The van der Waals surface area contributed by atoms with Gasteiger partial charge in [0.15, 0.2) is 16.7 Å². The molecule has 8 rings (SSSR count). The van der Waals surface area contributed by atoms with Crippen molar-refractivity contribution in [1.29, 1.82) is 0 Å². The fourth-order valence-electron chi connectivity index (χ4n) is 12.5. The molecule has 0 fully saturated rings. The van der Waals surface area contributed by atoms with Crippen molar-refractivity contribution in [2.75, 3.05) is 150 Å². The first-order chi connectivity index (χ1) is 55.2. The number of primary amides is 1. The standard InChI is InChI=1S/C79H105N11O22S2/c1-6-79(69-47-71-72-67(51-89(71)74(95)68(69)55-110-75(79)96)65(66-18-10-11-19-70(66)85-72)26-28-90(56(2)3)114(5,99)100)112-78(98)111-52-57-20-22-60(23-21-57)84-73(94)59(15-12-27-81-76(80)97)46-64(93)54-109-53-63(92)17-13-30-101-32-34-103-36-38-105-40-42-107-44-45-108-43-41-106-39-37-104-35-33-102-31-29-88-50-61(86-87-88)24-25-62(91)16-9-7-8-14-58-48-82-77(113-4)83-49-58/h10-11,18-23,47-50,56,59H,6-7,9,12-13,15-17,24-46,51-55H2,1-5H3,(H,84,94)(H3,80,81,97)/t59-,79+/m1/s1. The molecular weight excluding hydrogens is 1520 g/mol. The number of nitrogens with zero attached hydrogens (tertiary/aromatic N) is 8. The molecule has 0 spiro atoms. The first-order valence-corrected chi connectivity index (χ1v) is 41.3. The zero-order chi connectivity index (χ0) is 81.5. The largest absolute Gasteiger partial charge is 0.510 e. The molecule has 0 unspecified atom stereocenters. The molecule has 0 aliphatic carbocycles. The lowest BCUT2D eigenvalue weighted by atomic mass is 9.85. The Balaban J connectivity index is 0.612. The highest BCUT2D eigenvalue weighted by atomic mass is 32.2. The number of ketones is 3. The van der Waals surface area contributed by atoms with E-state index in [1.165, 1.54) is 26.9 Å². The minimum absolute atomic E-state index is 0.113. The average Bonchev–Trinajstić information content (AvgIpc) is 1.49. The number of amides is 3. The third kappa shape index (κ3) is 29.7. The van der Waals surface area contributed by atoms with E-state index in [4.69, 9.17) is 67.6 Å². The highest BCUT2D eigenvalue weighted by Gasteiger charge is 2.51. The predicted molar refractivity (Wildman–Crippen MR) is 418 cm³/mol. The molecule has 2 atom stereocenters. The molecule has 6 aromatic rings. The number of Topliss-reactive ketones (excluding diaryl/α,β-unsaturated/α-hetero) is 3. The van der Waals surface area contributed by atoms with Crippen LogP contribution in [0, 0.1) is 17.8 Å². The molecule has 35 heteroatoms. The Hall–Kier alpha value is -9.03. The first kappa shape index (κ1) is 90.5. The minimum atomic E-state index is -3.55. The summed E-state index contributed by atoms with van der Waals surface area (Å²) in [5.74, 6) is 3.38. The molecular formula is C79H105N11O22S2. The Morgan fingerprint density at radius 1 is 0.746 bits per heavy atom. The summed E-state index contributed by atoms with van der Waals surface area (Å²) in [6.45, 7) is 11.2. The molecule has 0 radical (unpaired) electrons. The van der Waals surface area contributed by atoms with E-state index in [2.05, 4.69) is 42.8 Å². The van der Waals surface area contributed by atoms with Crippen LogP contribution in [-0.4, -0.2) is 239 Å². The van der Waals surface area contributed by atoms with Gasteiger partial charge in [-0.1, -0.05) is 66.1 Å². The fourth-order valence-corrected chi connectivity index (χ4v) is 14.1. The number of nitrogens with one attached hydrogen (secondary N) is 2. The summed E-state index contributed by atoms with van der Waals surface area (Å²) in [4.78, 5) is 118. The van der Waals surface area contributed by atoms with Crippen molar-refractivity contribution in [1.82, 2.24) is 44.1 Å². The van der Waals surface area contributed by atoms with Gasteiger partial charge in [0, 0.05) is 105 Å². The number of anilines is 1. The maximum absolute atomic E-state index is 14.4. The van der Waals surface area contributed by atoms with Crippen LogP contribution < -0.4 is 21.9 Å². The average molecular weight is 1620 g/mol. The number of aryl methyl sites for hydroxylation is 1. The molecule has 4 N–H and O–H groups in total. The van der Waals surface area contributed by atoms with E-state index in [0.29, 0.717) is 197 Å². The number of para-hydroxylation sites is 1. The van der Waals surface area contributed by atoms with Gasteiger partial charge in [-0.3, -0.25) is 24.0 Å². The number of fused-ring (bicyclic) bond motifs is 5. The number of carbonyl (C=O) groups excluding carboxylic acids is 7. The van der Waals surface area contributed by atoms with Crippen LogP contribution in [0.15, 0.2) is 83.1 Å². The number of hydrogen-bond acceptors (Lipinski definition) is 28. The Labute approximate surface area is 667 Å². The van der Waals surface area contributed by atoms with Crippen molar-refractivity contribution < 1.29 is 98.8 Å². The highest BCUT2D eigenvalue weighted by Crippen LogP contribution is 2.43. The number of rotatable bonds is 56. The van der Waals surface area contributed by atoms with Gasteiger partial charge >= 0.3 is 18.2 Å². The number of benzene rings is 2. The molecule has 0 bridgehead atoms. The van der Waals surface area contributed by atoms with Crippen molar-refractivity contribution in [2.24, 2.45) is 11.7 Å². The first-order valence-electron chi connectivity index (χ1n) is 38.3. The summed E-state index contributed by atoms with van der Waals surface area (Å²) in [7, 11) is -3.55. The number of pyridine rings is 2. The van der Waals surface area contributed by atoms with Crippen LogP contribution in [0.5, 0.6) is 0 Å². The summed E-state index contributed by atoms with van der Waals surface area (Å²) in [6, 6.07) is 14.3. The van der Waals surface area contributed by atoms with Crippen molar-refractivity contribution in [3.8, 4) is 23.2 Å². The summed E-state index contributed by atoms with van der Waals surface area (Å²) in [5.41, 5.74) is 8.31. The molecule has 4 aromatic heterocycles. The Morgan fingerprint density at radius 2 is 1.37 bits per heavy atom. The van der Waals surface area contributed by atoms with Crippen molar-refractivity contribution in [2.45, 2.75) is 141 Å². The van der Waals surface area contributed by atoms with Gasteiger partial charge < -0.3 is 77.8 Å². The van der Waals surface area contributed by atoms with Gasteiger partial charge in [-0.25, -0.2) is 42.4 Å². The second-order valence-corrected chi connectivity index (χ2v) is 29.8. The monoisotopic (exact) mass is 1620 g/mol. The smallest absolute Gasteiger partial charge is 0.457 e. The maximum Gasteiger partial charge on any atom is 0.510 e. The van der Waals surface area contributed by atoms with Gasteiger partial charge in [-0.2, -0.15) is 4.31 Å². The highest BCUT2D eigenvalue weighted by molar-refractivity contribution is 7.98. The normalized spacial score (nSPS) is 13.9. The van der Waals surface area contributed by atoms with Crippen LogP contribution >= 0.6 is 11.8 Å². The number of hydrogen-bond donors (Lipinski definition) is 3. The van der Waals surface area contributed by atoms with Crippen LogP contribution in [0.2, 0.25) is 0 Å². The summed E-state index contributed by atoms with van der Waals surface area (Å²) in [6.07, 6.45) is 10.9. The number of sulfonamides is 1. The van der Waals surface area contributed by atoms with Gasteiger partial charge in [0.1, 0.15) is 32.2 Å². The minimum Gasteiger partial charge on any atom is -0.457 e. The number of urea groups is 1. The summed E-state index contributed by atoms with van der Waals surface area (Å²) in [5, 5.41) is 15.1. The Kier molecular flexibility index (Phi) is 38.4. The number of unbranched alkanes of at least 4 members (excludes halogenated alkanes) is 1. The van der Waals surface area contributed by atoms with E-state index in [1.807, 2.05) is 36.7 Å². The lowest BCUT2D eigenvalue weighted by molar-refractivity contribution is -0.175. The lowest BCUT2D eigenvalue weighted by Crippen LogP contribution is -2.47.